The largest absolute Gasteiger partial charge is 0.369 e. The van der Waals surface area contributed by atoms with Crippen LogP contribution in [0.5, 0.6) is 0 Å². The lowest BCUT2D eigenvalue weighted by Gasteiger charge is -2.34. The van der Waals surface area contributed by atoms with E-state index in [-0.39, 0.29) is 0 Å². The molecular formula is C21H30N8. The summed E-state index contributed by atoms with van der Waals surface area (Å²) < 4.78 is 1.94. The highest BCUT2D eigenvalue weighted by Gasteiger charge is 2.16. The van der Waals surface area contributed by atoms with Gasteiger partial charge in [-0.05, 0) is 45.4 Å². The number of nitrogens with zero attached hydrogens (tertiary/aromatic N) is 7. The molecule has 1 aromatic carbocycles. The van der Waals surface area contributed by atoms with Crippen LogP contribution in [0, 0.1) is 0 Å². The van der Waals surface area contributed by atoms with Gasteiger partial charge in [0, 0.05) is 57.6 Å². The maximum Gasteiger partial charge on any atom is 0.165 e. The first-order valence-corrected chi connectivity index (χ1v) is 10.1. The van der Waals surface area contributed by atoms with Crippen LogP contribution in [0.15, 0.2) is 30.6 Å². The van der Waals surface area contributed by atoms with E-state index in [4.69, 9.17) is 9.97 Å². The standard InChI is InChI=1S/C21H30N8/c1-26(2)10-9-22-20-18-21(28(4)15-23-18)25-19(24-20)16-5-7-17(8-6-16)29-13-11-27(3)12-14-29/h5-8,15H,9-14H2,1-4H3,(H,22,24,25). The predicted molar refractivity (Wildman–Crippen MR) is 118 cm³/mol. The van der Waals surface area contributed by atoms with Gasteiger partial charge in [0.15, 0.2) is 17.3 Å². The summed E-state index contributed by atoms with van der Waals surface area (Å²) in [4.78, 5) is 21.0. The molecule has 8 heteroatoms. The fourth-order valence-electron chi connectivity index (χ4n) is 3.54. The van der Waals surface area contributed by atoms with Crippen LogP contribution in [-0.2, 0) is 7.05 Å². The Morgan fingerprint density at radius 1 is 1.00 bits per heavy atom. The lowest BCUT2D eigenvalue weighted by Crippen LogP contribution is -2.44. The Morgan fingerprint density at radius 2 is 1.72 bits per heavy atom. The molecule has 0 unspecified atom stereocenters. The van der Waals surface area contributed by atoms with Gasteiger partial charge >= 0.3 is 0 Å². The minimum Gasteiger partial charge on any atom is -0.369 e. The lowest BCUT2D eigenvalue weighted by atomic mass is 10.1. The quantitative estimate of drug-likeness (QED) is 0.683. The monoisotopic (exact) mass is 394 g/mol. The van der Waals surface area contributed by atoms with E-state index >= 15 is 0 Å². The molecule has 3 heterocycles. The SMILES string of the molecule is CN(C)CCNc1nc(-c2ccc(N3CCN(C)CC3)cc2)nc2c1ncn2C. The molecule has 0 atom stereocenters. The Hall–Kier alpha value is -2.71. The number of anilines is 2. The number of hydrogen-bond acceptors (Lipinski definition) is 7. The second-order valence-corrected chi connectivity index (χ2v) is 7.99. The van der Waals surface area contributed by atoms with E-state index in [9.17, 15) is 0 Å². The third-order valence-corrected chi connectivity index (χ3v) is 5.41. The van der Waals surface area contributed by atoms with E-state index < -0.39 is 0 Å². The lowest BCUT2D eigenvalue weighted by molar-refractivity contribution is 0.313. The number of nitrogens with one attached hydrogen (secondary N) is 1. The van der Waals surface area contributed by atoms with Crippen LogP contribution in [0.1, 0.15) is 0 Å². The summed E-state index contributed by atoms with van der Waals surface area (Å²) >= 11 is 0. The second-order valence-electron chi connectivity index (χ2n) is 7.99. The van der Waals surface area contributed by atoms with Gasteiger partial charge in [-0.3, -0.25) is 0 Å². The van der Waals surface area contributed by atoms with Gasteiger partial charge in [-0.25, -0.2) is 15.0 Å². The average Bonchev–Trinajstić information content (AvgIpc) is 3.09. The highest BCUT2D eigenvalue weighted by atomic mass is 15.2. The molecule has 0 aliphatic carbocycles. The predicted octanol–water partition coefficient (Wildman–Crippen LogP) is 1.76. The van der Waals surface area contributed by atoms with Crippen LogP contribution in [0.4, 0.5) is 11.5 Å². The zero-order chi connectivity index (χ0) is 20.4. The van der Waals surface area contributed by atoms with Crippen molar-refractivity contribution in [1.82, 2.24) is 29.3 Å². The maximum atomic E-state index is 4.80. The van der Waals surface area contributed by atoms with E-state index in [0.29, 0.717) is 0 Å². The highest BCUT2D eigenvalue weighted by molar-refractivity contribution is 5.85. The molecule has 8 nitrogen and oxygen atoms in total. The number of aromatic nitrogens is 4. The first-order chi connectivity index (χ1) is 14.0. The van der Waals surface area contributed by atoms with Crippen molar-refractivity contribution in [3.63, 3.8) is 0 Å². The number of imidazole rings is 1. The molecule has 4 rings (SSSR count). The molecule has 1 saturated heterocycles. The normalized spacial score (nSPS) is 15.4. The molecule has 154 valence electrons. The number of aryl methyl sites for hydroxylation is 1. The van der Waals surface area contributed by atoms with E-state index in [1.165, 1.54) is 5.69 Å². The van der Waals surface area contributed by atoms with Crippen molar-refractivity contribution in [3.8, 4) is 11.4 Å². The molecule has 1 fully saturated rings. The van der Waals surface area contributed by atoms with Gasteiger partial charge < -0.3 is 24.6 Å². The van der Waals surface area contributed by atoms with Crippen LogP contribution in [0.25, 0.3) is 22.6 Å². The fraction of sp³-hybridized carbons (Fsp3) is 0.476. The first kappa shape index (κ1) is 19.6. The zero-order valence-electron chi connectivity index (χ0n) is 17.8. The summed E-state index contributed by atoms with van der Waals surface area (Å²) in [6.07, 6.45) is 1.79. The zero-order valence-corrected chi connectivity index (χ0v) is 17.8. The van der Waals surface area contributed by atoms with E-state index in [0.717, 1.165) is 67.6 Å². The minimum absolute atomic E-state index is 0.721. The number of fused-ring (bicyclic) bond motifs is 1. The molecule has 0 spiro atoms. The van der Waals surface area contributed by atoms with Crippen molar-refractivity contribution >= 4 is 22.7 Å². The summed E-state index contributed by atoms with van der Waals surface area (Å²) in [7, 11) is 8.26. The molecular weight excluding hydrogens is 364 g/mol. The van der Waals surface area contributed by atoms with Crippen molar-refractivity contribution in [2.75, 3.05) is 70.6 Å². The van der Waals surface area contributed by atoms with Gasteiger partial charge in [0.05, 0.1) is 6.33 Å². The van der Waals surface area contributed by atoms with Crippen LogP contribution < -0.4 is 10.2 Å². The van der Waals surface area contributed by atoms with Gasteiger partial charge in [-0.15, -0.1) is 0 Å². The molecule has 0 saturated carbocycles. The van der Waals surface area contributed by atoms with Gasteiger partial charge in [-0.1, -0.05) is 0 Å². The molecule has 0 amide bonds. The summed E-state index contributed by atoms with van der Waals surface area (Å²) in [6.45, 7) is 6.05. The molecule has 2 aromatic heterocycles. The van der Waals surface area contributed by atoms with Crippen LogP contribution >= 0.6 is 0 Å². The fourth-order valence-corrected chi connectivity index (χ4v) is 3.54. The molecule has 3 aromatic rings. The highest BCUT2D eigenvalue weighted by Crippen LogP contribution is 2.26. The third kappa shape index (κ3) is 4.33. The molecule has 29 heavy (non-hydrogen) atoms. The number of hydrogen-bond donors (Lipinski definition) is 1. The van der Waals surface area contributed by atoms with Gasteiger partial charge in [0.1, 0.15) is 5.52 Å². The minimum atomic E-state index is 0.721. The van der Waals surface area contributed by atoms with E-state index in [2.05, 4.69) is 70.4 Å². The Kier molecular flexibility index (Phi) is 5.64. The van der Waals surface area contributed by atoms with Gasteiger partial charge in [-0.2, -0.15) is 0 Å². The topological polar surface area (TPSA) is 65.3 Å². The number of piperazine rings is 1. The van der Waals surface area contributed by atoms with E-state index in [1.54, 1.807) is 6.33 Å². The van der Waals surface area contributed by atoms with Crippen LogP contribution in [0.3, 0.4) is 0 Å². The Morgan fingerprint density at radius 3 is 2.41 bits per heavy atom. The smallest absolute Gasteiger partial charge is 0.165 e. The van der Waals surface area contributed by atoms with Crippen molar-refractivity contribution in [1.29, 1.82) is 0 Å². The van der Waals surface area contributed by atoms with Crippen molar-refractivity contribution in [3.05, 3.63) is 30.6 Å². The summed E-state index contributed by atoms with van der Waals surface area (Å²) in [6, 6.07) is 8.59. The molecule has 1 aliphatic rings. The number of rotatable bonds is 6. The van der Waals surface area contributed by atoms with Crippen molar-refractivity contribution in [2.24, 2.45) is 7.05 Å². The average molecular weight is 395 g/mol. The van der Waals surface area contributed by atoms with Crippen molar-refractivity contribution < 1.29 is 0 Å². The molecule has 0 bridgehead atoms. The molecule has 0 radical (unpaired) electrons. The number of benzene rings is 1. The Labute approximate surface area is 172 Å². The van der Waals surface area contributed by atoms with Gasteiger partial charge in [0.2, 0.25) is 0 Å². The number of likely N-dealkylation sites (N-methyl/N-ethyl adjacent to an activating group) is 2. The maximum absolute atomic E-state index is 4.80. The summed E-state index contributed by atoms with van der Waals surface area (Å²) in [5, 5.41) is 3.43. The van der Waals surface area contributed by atoms with Gasteiger partial charge in [0.25, 0.3) is 0 Å². The molecule has 1 N–H and O–H groups in total. The second kappa shape index (κ2) is 8.34. The molecule has 1 aliphatic heterocycles. The van der Waals surface area contributed by atoms with Crippen molar-refractivity contribution in [2.45, 2.75) is 0 Å². The Balaban J connectivity index is 1.60. The first-order valence-electron chi connectivity index (χ1n) is 10.1. The third-order valence-electron chi connectivity index (χ3n) is 5.41. The Bertz CT molecular complexity index is 955. The summed E-state index contributed by atoms with van der Waals surface area (Å²) in [5.74, 6) is 1.51. The van der Waals surface area contributed by atoms with Crippen LogP contribution in [-0.4, -0.2) is 89.7 Å². The van der Waals surface area contributed by atoms with Crippen LogP contribution in [0.2, 0.25) is 0 Å². The van der Waals surface area contributed by atoms with E-state index in [1.807, 2.05) is 11.6 Å². The summed E-state index contributed by atoms with van der Waals surface area (Å²) in [5.41, 5.74) is 3.92.